The van der Waals surface area contributed by atoms with E-state index in [0.717, 1.165) is 18.8 Å². The highest BCUT2D eigenvalue weighted by atomic mass is 16.5. The van der Waals surface area contributed by atoms with Crippen LogP contribution in [0.15, 0.2) is 18.2 Å². The van der Waals surface area contributed by atoms with Crippen LogP contribution in [0.1, 0.15) is 49.4 Å². The van der Waals surface area contributed by atoms with Crippen molar-refractivity contribution in [1.82, 2.24) is 5.32 Å². The van der Waals surface area contributed by atoms with Crippen LogP contribution >= 0.6 is 0 Å². The van der Waals surface area contributed by atoms with Crippen molar-refractivity contribution in [2.24, 2.45) is 5.92 Å². The molecule has 0 heterocycles. The van der Waals surface area contributed by atoms with Crippen LogP contribution in [0, 0.1) is 5.92 Å². The molecule has 110 valence electrons. The van der Waals surface area contributed by atoms with Gasteiger partial charge < -0.3 is 15.2 Å². The summed E-state index contributed by atoms with van der Waals surface area (Å²) in [6.07, 6.45) is 5.70. The van der Waals surface area contributed by atoms with Gasteiger partial charge in [-0.2, -0.15) is 0 Å². The number of carbonyl (C=O) groups excluding carboxylic acids is 1. The largest absolute Gasteiger partial charge is 0.504 e. The molecule has 0 unspecified atom stereocenters. The van der Waals surface area contributed by atoms with Gasteiger partial charge in [-0.1, -0.05) is 13.3 Å². The lowest BCUT2D eigenvalue weighted by atomic mass is 9.84. The summed E-state index contributed by atoms with van der Waals surface area (Å²) in [5.41, 5.74) is 0.473. The predicted octanol–water partition coefficient (Wildman–Crippen LogP) is 3.10. The van der Waals surface area contributed by atoms with Crippen molar-refractivity contribution in [2.45, 2.75) is 45.1 Å². The Morgan fingerprint density at radius 2 is 2.05 bits per heavy atom. The first kappa shape index (κ1) is 14.7. The van der Waals surface area contributed by atoms with Gasteiger partial charge in [0.1, 0.15) is 0 Å². The third-order valence-electron chi connectivity index (χ3n) is 4.20. The summed E-state index contributed by atoms with van der Waals surface area (Å²) in [5.74, 6) is 1.07. The van der Waals surface area contributed by atoms with E-state index < -0.39 is 0 Å². The third kappa shape index (κ3) is 3.44. The van der Waals surface area contributed by atoms with E-state index in [1.54, 1.807) is 12.1 Å². The number of carbonyl (C=O) groups is 1. The summed E-state index contributed by atoms with van der Waals surface area (Å²) < 4.78 is 4.97. The maximum atomic E-state index is 12.2. The second kappa shape index (κ2) is 6.64. The monoisotopic (exact) mass is 277 g/mol. The predicted molar refractivity (Wildman–Crippen MR) is 78.2 cm³/mol. The number of phenols is 1. The first-order valence-corrected chi connectivity index (χ1v) is 7.32. The summed E-state index contributed by atoms with van der Waals surface area (Å²) in [5, 5.41) is 12.8. The van der Waals surface area contributed by atoms with Crippen LogP contribution in [-0.4, -0.2) is 24.2 Å². The lowest BCUT2D eigenvalue weighted by Crippen LogP contribution is -2.37. The number of phenolic OH excluding ortho intramolecular Hbond substituents is 1. The molecule has 20 heavy (non-hydrogen) atoms. The van der Waals surface area contributed by atoms with E-state index in [4.69, 9.17) is 4.74 Å². The molecule has 1 amide bonds. The molecule has 4 nitrogen and oxygen atoms in total. The van der Waals surface area contributed by atoms with Crippen molar-refractivity contribution >= 4 is 5.91 Å². The minimum atomic E-state index is -0.122. The lowest BCUT2D eigenvalue weighted by molar-refractivity contribution is 0.0921. The maximum absolute atomic E-state index is 12.2. The maximum Gasteiger partial charge on any atom is 0.251 e. The average molecular weight is 277 g/mol. The number of hydrogen-bond acceptors (Lipinski definition) is 3. The van der Waals surface area contributed by atoms with Gasteiger partial charge in [0.25, 0.3) is 5.91 Å². The molecular formula is C16H23NO3. The fraction of sp³-hybridized carbons (Fsp3) is 0.562. The zero-order valence-corrected chi connectivity index (χ0v) is 12.2. The number of methoxy groups -OCH3 is 1. The van der Waals surface area contributed by atoms with Gasteiger partial charge in [0.15, 0.2) is 11.5 Å². The van der Waals surface area contributed by atoms with Crippen LogP contribution in [0.3, 0.4) is 0 Å². The van der Waals surface area contributed by atoms with Gasteiger partial charge in [-0.3, -0.25) is 4.79 Å². The second-order valence-electron chi connectivity index (χ2n) is 5.49. The Balaban J connectivity index is 1.93. The quantitative estimate of drug-likeness (QED) is 0.889. The third-order valence-corrected chi connectivity index (χ3v) is 4.20. The van der Waals surface area contributed by atoms with Gasteiger partial charge >= 0.3 is 0 Å². The highest BCUT2D eigenvalue weighted by Crippen LogP contribution is 2.28. The Morgan fingerprint density at radius 3 is 2.60 bits per heavy atom. The molecule has 1 aromatic carbocycles. The molecule has 4 heteroatoms. The summed E-state index contributed by atoms with van der Waals surface area (Å²) in [6.45, 7) is 2.23. The van der Waals surface area contributed by atoms with E-state index in [9.17, 15) is 9.90 Å². The molecule has 0 aromatic heterocycles. The summed E-state index contributed by atoms with van der Waals surface area (Å²) in [7, 11) is 1.49. The van der Waals surface area contributed by atoms with Crippen LogP contribution in [0.2, 0.25) is 0 Å². The average Bonchev–Trinajstić information content (AvgIpc) is 2.48. The van der Waals surface area contributed by atoms with Gasteiger partial charge in [-0.15, -0.1) is 0 Å². The highest BCUT2D eigenvalue weighted by molar-refractivity contribution is 5.95. The molecule has 2 N–H and O–H groups in total. The van der Waals surface area contributed by atoms with Crippen LogP contribution < -0.4 is 10.1 Å². The number of amides is 1. The normalized spacial score (nSPS) is 22.3. The van der Waals surface area contributed by atoms with Crippen molar-refractivity contribution in [2.75, 3.05) is 7.11 Å². The molecule has 0 atom stereocenters. The second-order valence-corrected chi connectivity index (χ2v) is 5.49. The summed E-state index contributed by atoms with van der Waals surface area (Å²) in [4.78, 5) is 12.2. The number of aromatic hydroxyl groups is 1. The van der Waals surface area contributed by atoms with Gasteiger partial charge in [0.2, 0.25) is 0 Å². The Bertz CT molecular complexity index is 465. The first-order valence-electron chi connectivity index (χ1n) is 7.32. The van der Waals surface area contributed by atoms with Crippen molar-refractivity contribution in [3.63, 3.8) is 0 Å². The molecule has 0 bridgehead atoms. The summed E-state index contributed by atoms with van der Waals surface area (Å²) in [6, 6.07) is 4.99. The van der Waals surface area contributed by atoms with E-state index in [0.29, 0.717) is 11.3 Å². The summed E-state index contributed by atoms with van der Waals surface area (Å²) >= 11 is 0. The van der Waals surface area contributed by atoms with Gasteiger partial charge in [0.05, 0.1) is 7.11 Å². The molecule has 1 fully saturated rings. The molecule has 1 aliphatic rings. The molecular weight excluding hydrogens is 254 g/mol. The SMILES string of the molecule is CCC1CCC(NC(=O)c2ccc(OC)c(O)c2)CC1. The van der Waals surface area contributed by atoms with Crippen LogP contribution in [0.4, 0.5) is 0 Å². The first-order chi connectivity index (χ1) is 9.63. The lowest BCUT2D eigenvalue weighted by Gasteiger charge is -2.28. The zero-order chi connectivity index (χ0) is 14.5. The Kier molecular flexibility index (Phi) is 4.88. The minimum Gasteiger partial charge on any atom is -0.504 e. The Morgan fingerprint density at radius 1 is 1.35 bits per heavy atom. The molecule has 2 rings (SSSR count). The van der Waals surface area contributed by atoms with Crippen LogP contribution in [0.5, 0.6) is 11.5 Å². The molecule has 0 saturated heterocycles. The Labute approximate surface area is 120 Å². The highest BCUT2D eigenvalue weighted by Gasteiger charge is 2.22. The number of ether oxygens (including phenoxy) is 1. The van der Waals surface area contributed by atoms with Gasteiger partial charge in [-0.05, 0) is 49.8 Å². The zero-order valence-electron chi connectivity index (χ0n) is 12.2. The number of nitrogens with one attached hydrogen (secondary N) is 1. The van der Waals surface area contributed by atoms with Crippen LogP contribution in [-0.2, 0) is 0 Å². The number of hydrogen-bond donors (Lipinski definition) is 2. The molecule has 0 spiro atoms. The smallest absolute Gasteiger partial charge is 0.251 e. The number of benzene rings is 1. The Hall–Kier alpha value is -1.71. The molecule has 1 aromatic rings. The van der Waals surface area contributed by atoms with Crippen LogP contribution in [0.25, 0.3) is 0 Å². The molecule has 1 aliphatic carbocycles. The standard InChI is InChI=1S/C16H23NO3/c1-3-11-4-7-13(8-5-11)17-16(19)12-6-9-15(20-2)14(18)10-12/h6,9-11,13,18H,3-5,7-8H2,1-2H3,(H,17,19). The van der Waals surface area contributed by atoms with E-state index in [1.807, 2.05) is 0 Å². The van der Waals surface area contributed by atoms with E-state index in [-0.39, 0.29) is 17.7 Å². The fourth-order valence-corrected chi connectivity index (χ4v) is 2.81. The fourth-order valence-electron chi connectivity index (χ4n) is 2.81. The topological polar surface area (TPSA) is 58.6 Å². The van der Waals surface area contributed by atoms with E-state index in [2.05, 4.69) is 12.2 Å². The van der Waals surface area contributed by atoms with Crippen molar-refractivity contribution in [3.8, 4) is 11.5 Å². The van der Waals surface area contributed by atoms with E-state index in [1.165, 1.54) is 32.4 Å². The molecule has 0 aliphatic heterocycles. The van der Waals surface area contributed by atoms with E-state index >= 15 is 0 Å². The molecule has 1 saturated carbocycles. The van der Waals surface area contributed by atoms with Crippen molar-refractivity contribution in [3.05, 3.63) is 23.8 Å². The number of rotatable bonds is 4. The van der Waals surface area contributed by atoms with Crippen molar-refractivity contribution in [1.29, 1.82) is 0 Å². The molecule has 0 radical (unpaired) electrons. The van der Waals surface area contributed by atoms with Gasteiger partial charge in [0, 0.05) is 11.6 Å². The minimum absolute atomic E-state index is 0.00478. The van der Waals surface area contributed by atoms with Gasteiger partial charge in [-0.25, -0.2) is 0 Å². The van der Waals surface area contributed by atoms with Crippen molar-refractivity contribution < 1.29 is 14.6 Å².